The van der Waals surface area contributed by atoms with Crippen LogP contribution >= 0.6 is 23.3 Å². The van der Waals surface area contributed by atoms with Crippen LogP contribution in [0.2, 0.25) is 0 Å². The molecular formula is C21H19N7O7S2. The number of nitrogens with one attached hydrogen (secondary N) is 1. The molecule has 2 atom stereocenters. The van der Waals surface area contributed by atoms with Gasteiger partial charge in [0.1, 0.15) is 18.5 Å². The summed E-state index contributed by atoms with van der Waals surface area (Å²) < 4.78 is 5.62. The highest BCUT2D eigenvalue weighted by atomic mass is 32.2. The molecule has 4 N–H and O–H groups in total. The monoisotopic (exact) mass is 545 g/mol. The Morgan fingerprint density at radius 1 is 1.41 bits per heavy atom. The smallest absolute Gasteiger partial charge is 0.336 e. The summed E-state index contributed by atoms with van der Waals surface area (Å²) in [5, 5.41) is 26.5. The summed E-state index contributed by atoms with van der Waals surface area (Å²) >= 11 is 2.13. The second kappa shape index (κ2) is 10.8. The van der Waals surface area contributed by atoms with Crippen LogP contribution in [0.5, 0.6) is 0 Å². The Bertz CT molecular complexity index is 1350. The Morgan fingerprint density at radius 2 is 2.14 bits per heavy atom. The number of hydrogen-bond donors (Lipinski definition) is 3. The number of oxime groups is 1. The zero-order valence-electron chi connectivity index (χ0n) is 19.1. The number of aromatic carboxylic acids is 1. The van der Waals surface area contributed by atoms with Gasteiger partial charge in [0, 0.05) is 29.4 Å². The Hall–Kier alpha value is -4.31. The maximum absolute atomic E-state index is 12.9. The minimum atomic E-state index is -1.52. The van der Waals surface area contributed by atoms with Crippen LogP contribution in [-0.4, -0.2) is 73.1 Å². The topological polar surface area (TPSA) is 204 Å². The Balaban J connectivity index is 1.47. The number of nitrogen functional groups attached to an aromatic ring is 1. The molecule has 2 aliphatic rings. The van der Waals surface area contributed by atoms with Crippen molar-refractivity contribution in [3.8, 4) is 0 Å². The van der Waals surface area contributed by atoms with Crippen molar-refractivity contribution in [3.05, 3.63) is 59.3 Å². The molecule has 2 aromatic heterocycles. The van der Waals surface area contributed by atoms with E-state index in [1.165, 1.54) is 31.0 Å². The highest BCUT2D eigenvalue weighted by Crippen LogP contribution is 2.40. The zero-order valence-corrected chi connectivity index (χ0v) is 20.7. The van der Waals surface area contributed by atoms with Gasteiger partial charge in [-0.2, -0.15) is 9.36 Å². The lowest BCUT2D eigenvalue weighted by Crippen LogP contribution is -2.71. The van der Waals surface area contributed by atoms with Crippen LogP contribution in [0.3, 0.4) is 0 Å². The van der Waals surface area contributed by atoms with Gasteiger partial charge in [0.15, 0.2) is 24.1 Å². The third-order valence-electron chi connectivity index (χ3n) is 5.30. The van der Waals surface area contributed by atoms with Crippen molar-refractivity contribution in [1.82, 2.24) is 19.6 Å². The number of carboxylic acids is 2. The first-order chi connectivity index (χ1) is 17.7. The van der Waals surface area contributed by atoms with Gasteiger partial charge in [-0.25, -0.2) is 9.36 Å². The molecule has 0 bridgehead atoms. The number of amides is 2. The van der Waals surface area contributed by atoms with Crippen molar-refractivity contribution in [1.29, 1.82) is 0 Å². The standard InChI is InChI=1S/C21H19N7O7S2/c1-35-25-12(15-24-21(22)37-26-15)16(29)23-13-17(30)28-14(20(33)34)11(9-36-18(13)28)3-2-6-27-7-4-10(5-8-27)19(31)32/h2-5,7-8,13,18H,6,9H2,1H3,(H4-,22,23,24,26,29,31,32,33,34)/t13?,18-/m0/s1. The van der Waals surface area contributed by atoms with Gasteiger partial charge in [-0.05, 0) is 11.6 Å². The number of fused-ring (bicyclic) bond motifs is 1. The molecular weight excluding hydrogens is 526 g/mol. The van der Waals surface area contributed by atoms with E-state index >= 15 is 0 Å². The number of aromatic nitrogens is 3. The van der Waals surface area contributed by atoms with Crippen LogP contribution < -0.4 is 20.7 Å². The van der Waals surface area contributed by atoms with Crippen LogP contribution in [0.15, 0.2) is 53.1 Å². The van der Waals surface area contributed by atoms with Gasteiger partial charge in [-0.15, -0.1) is 11.8 Å². The SMILES string of the molecule is CON=C(C(=O)NC1C(=O)N2C(C(=O)[O-])=C(C=CC[n+]3ccc(C(=O)O)cc3)CS[C@@H]12)c1nsc(N)n1. The minimum Gasteiger partial charge on any atom is -0.543 e. The maximum Gasteiger partial charge on any atom is 0.336 e. The summed E-state index contributed by atoms with van der Waals surface area (Å²) in [6, 6.07) is 1.87. The first-order valence-corrected chi connectivity index (χ1v) is 12.3. The molecule has 1 unspecified atom stereocenters. The van der Waals surface area contributed by atoms with E-state index in [0.29, 0.717) is 12.1 Å². The molecule has 2 amide bonds. The van der Waals surface area contributed by atoms with Crippen LogP contribution in [-0.2, 0) is 25.8 Å². The molecule has 16 heteroatoms. The predicted octanol–water partition coefficient (Wildman–Crippen LogP) is -1.88. The number of carbonyl (C=O) groups excluding carboxylic acids is 3. The highest BCUT2D eigenvalue weighted by molar-refractivity contribution is 8.00. The van der Waals surface area contributed by atoms with E-state index in [1.807, 2.05) is 0 Å². The third kappa shape index (κ3) is 5.29. The number of allylic oxidation sites excluding steroid dienone is 2. The van der Waals surface area contributed by atoms with Crippen molar-refractivity contribution in [3.63, 3.8) is 0 Å². The number of thioether (sulfide) groups is 1. The van der Waals surface area contributed by atoms with Gasteiger partial charge < -0.3 is 30.9 Å². The number of pyridine rings is 1. The van der Waals surface area contributed by atoms with Crippen molar-refractivity contribution < 1.29 is 38.8 Å². The molecule has 4 rings (SSSR count). The number of carboxylic acid groups (broad SMARTS) is 2. The van der Waals surface area contributed by atoms with Crippen LogP contribution in [0, 0.1) is 0 Å². The summed E-state index contributed by atoms with van der Waals surface area (Å²) in [7, 11) is 1.23. The zero-order chi connectivity index (χ0) is 26.7. The molecule has 0 aromatic carbocycles. The third-order valence-corrected chi connectivity index (χ3v) is 7.15. The first-order valence-electron chi connectivity index (χ1n) is 10.5. The van der Waals surface area contributed by atoms with Gasteiger partial charge in [-0.1, -0.05) is 11.2 Å². The lowest BCUT2D eigenvalue weighted by atomic mass is 10.0. The minimum absolute atomic E-state index is 0.0695. The largest absolute Gasteiger partial charge is 0.543 e. The number of hydrogen-bond acceptors (Lipinski definition) is 12. The van der Waals surface area contributed by atoms with E-state index in [1.54, 1.807) is 29.1 Å². The number of anilines is 1. The highest BCUT2D eigenvalue weighted by Gasteiger charge is 2.53. The van der Waals surface area contributed by atoms with Crippen molar-refractivity contribution in [2.45, 2.75) is 18.0 Å². The van der Waals surface area contributed by atoms with E-state index in [9.17, 15) is 24.3 Å². The normalized spacial score (nSPS) is 19.4. The molecule has 37 heavy (non-hydrogen) atoms. The molecule has 14 nitrogen and oxygen atoms in total. The summed E-state index contributed by atoms with van der Waals surface area (Å²) in [5.74, 6) is -3.80. The fourth-order valence-electron chi connectivity index (χ4n) is 3.61. The van der Waals surface area contributed by atoms with E-state index in [-0.39, 0.29) is 33.7 Å². The second-order valence-electron chi connectivity index (χ2n) is 7.59. The molecule has 0 aliphatic carbocycles. The molecule has 4 heterocycles. The van der Waals surface area contributed by atoms with Gasteiger partial charge in [0.25, 0.3) is 11.8 Å². The van der Waals surface area contributed by atoms with Crippen LogP contribution in [0.1, 0.15) is 16.2 Å². The number of rotatable bonds is 9. The molecule has 1 fully saturated rings. The summed E-state index contributed by atoms with van der Waals surface area (Å²) in [6.45, 7) is 0.335. The Kier molecular flexibility index (Phi) is 7.49. The average molecular weight is 546 g/mol. The van der Waals surface area contributed by atoms with Crippen molar-refractivity contribution >= 4 is 57.9 Å². The Morgan fingerprint density at radius 3 is 2.73 bits per heavy atom. The van der Waals surface area contributed by atoms with E-state index in [0.717, 1.165) is 16.4 Å². The average Bonchev–Trinajstić information content (AvgIpc) is 3.31. The summed E-state index contributed by atoms with van der Waals surface area (Å²) in [6.07, 6.45) is 6.42. The lowest BCUT2D eigenvalue weighted by Gasteiger charge is -2.50. The van der Waals surface area contributed by atoms with Gasteiger partial charge >= 0.3 is 5.97 Å². The van der Waals surface area contributed by atoms with Crippen LogP contribution in [0.4, 0.5) is 5.13 Å². The van der Waals surface area contributed by atoms with Crippen molar-refractivity contribution in [2.75, 3.05) is 18.6 Å². The number of carbonyl (C=O) groups is 4. The lowest BCUT2D eigenvalue weighted by molar-refractivity contribution is -0.687. The van der Waals surface area contributed by atoms with Gasteiger partial charge in [0.05, 0.1) is 17.2 Å². The molecule has 2 aromatic rings. The van der Waals surface area contributed by atoms with E-state index in [4.69, 9.17) is 10.8 Å². The van der Waals surface area contributed by atoms with Crippen LogP contribution in [0.25, 0.3) is 0 Å². The fraction of sp³-hybridized carbons (Fsp3) is 0.238. The summed E-state index contributed by atoms with van der Waals surface area (Å²) in [5.41, 5.74) is 5.51. The predicted molar refractivity (Wildman–Crippen MR) is 128 cm³/mol. The number of aliphatic carboxylic acids is 1. The van der Waals surface area contributed by atoms with E-state index < -0.39 is 35.2 Å². The fourth-order valence-corrected chi connectivity index (χ4v) is 5.37. The molecule has 0 radical (unpaired) electrons. The molecule has 1 saturated heterocycles. The van der Waals surface area contributed by atoms with Gasteiger partial charge in [-0.3, -0.25) is 14.5 Å². The first kappa shape index (κ1) is 25.8. The van der Waals surface area contributed by atoms with E-state index in [2.05, 4.69) is 24.7 Å². The second-order valence-corrected chi connectivity index (χ2v) is 9.48. The van der Waals surface area contributed by atoms with Crippen molar-refractivity contribution in [2.24, 2.45) is 5.16 Å². The molecule has 0 saturated carbocycles. The number of nitrogens with zero attached hydrogens (tertiary/aromatic N) is 5. The summed E-state index contributed by atoms with van der Waals surface area (Å²) in [4.78, 5) is 58.2. The molecule has 0 spiro atoms. The number of β-lactam (4-membered cyclic amide) rings is 1. The Labute approximate surface area is 217 Å². The van der Waals surface area contributed by atoms with Gasteiger partial charge in [0.2, 0.25) is 11.5 Å². The quantitative estimate of drug-likeness (QED) is 0.138. The maximum atomic E-state index is 12.9. The molecule has 2 aliphatic heterocycles. The number of nitrogens with two attached hydrogens (primary N) is 1. The molecule has 192 valence electrons.